The molecule has 1 aromatic carbocycles. The van der Waals surface area contributed by atoms with Gasteiger partial charge < -0.3 is 5.32 Å². The third kappa shape index (κ3) is 2.66. The number of carbonyl (C=O) groups is 2. The maximum Gasteiger partial charge on any atom is 0.278 e. The second kappa shape index (κ2) is 6.18. The number of hydrogen-bond donors (Lipinski definition) is 1. The summed E-state index contributed by atoms with van der Waals surface area (Å²) < 4.78 is 0. The Morgan fingerprint density at radius 3 is 2.61 bits per heavy atom. The van der Waals surface area contributed by atoms with Crippen molar-refractivity contribution in [2.75, 3.05) is 11.9 Å². The predicted molar refractivity (Wildman–Crippen MR) is 93.4 cm³/mol. The Labute approximate surface area is 143 Å². The van der Waals surface area contributed by atoms with E-state index in [1.807, 2.05) is 36.6 Å². The van der Waals surface area contributed by atoms with Gasteiger partial charge in [-0.2, -0.15) is 0 Å². The lowest BCUT2D eigenvalue weighted by Crippen LogP contribution is -2.32. The molecule has 0 radical (unpaired) electrons. The fraction of sp³-hybridized carbons (Fsp3) is 0.176. The van der Waals surface area contributed by atoms with Crippen LogP contribution in [0.1, 0.15) is 17.4 Å². The van der Waals surface area contributed by atoms with Gasteiger partial charge >= 0.3 is 0 Å². The number of amides is 2. The minimum atomic E-state index is -0.305. The first-order chi connectivity index (χ1) is 11.0. The number of halogens is 1. The Balaban J connectivity index is 2.10. The molecule has 3 rings (SSSR count). The summed E-state index contributed by atoms with van der Waals surface area (Å²) in [5.41, 5.74) is 2.29. The molecule has 2 aromatic rings. The zero-order valence-corrected chi connectivity index (χ0v) is 14.3. The fourth-order valence-corrected chi connectivity index (χ4v) is 3.45. The van der Waals surface area contributed by atoms with E-state index in [0.29, 0.717) is 22.8 Å². The minimum absolute atomic E-state index is 0.262. The smallest absolute Gasteiger partial charge is 0.278 e. The Kier molecular flexibility index (Phi) is 4.24. The molecule has 0 bridgehead atoms. The molecular formula is C17H15ClN2O2S. The summed E-state index contributed by atoms with van der Waals surface area (Å²) in [6.45, 7) is 4.00. The summed E-state index contributed by atoms with van der Waals surface area (Å²) in [7, 11) is 0. The highest BCUT2D eigenvalue weighted by molar-refractivity contribution is 7.11. The van der Waals surface area contributed by atoms with Crippen molar-refractivity contribution >= 4 is 46.0 Å². The van der Waals surface area contributed by atoms with Gasteiger partial charge in [0.25, 0.3) is 11.8 Å². The SMILES string of the molecule is CCN1C(=O)C(Nc2cccc(Cl)c2C)=C(c2cccs2)C1=O. The zero-order valence-electron chi connectivity index (χ0n) is 12.7. The Hall–Kier alpha value is -2.11. The molecule has 2 heterocycles. The normalized spacial score (nSPS) is 14.8. The number of rotatable bonds is 4. The average molecular weight is 347 g/mol. The summed E-state index contributed by atoms with van der Waals surface area (Å²) in [6.07, 6.45) is 0. The van der Waals surface area contributed by atoms with Crippen LogP contribution < -0.4 is 5.32 Å². The first-order valence-electron chi connectivity index (χ1n) is 7.21. The van der Waals surface area contributed by atoms with Crippen molar-refractivity contribution in [2.45, 2.75) is 13.8 Å². The lowest BCUT2D eigenvalue weighted by atomic mass is 10.1. The van der Waals surface area contributed by atoms with Crippen LogP contribution in [0.4, 0.5) is 5.69 Å². The van der Waals surface area contributed by atoms with Crippen molar-refractivity contribution in [2.24, 2.45) is 0 Å². The van der Waals surface area contributed by atoms with Crippen molar-refractivity contribution in [3.8, 4) is 0 Å². The van der Waals surface area contributed by atoms with E-state index < -0.39 is 0 Å². The number of imide groups is 1. The highest BCUT2D eigenvalue weighted by atomic mass is 35.5. The van der Waals surface area contributed by atoms with Crippen molar-refractivity contribution in [3.05, 3.63) is 56.9 Å². The first kappa shape index (κ1) is 15.8. The van der Waals surface area contributed by atoms with E-state index in [9.17, 15) is 9.59 Å². The highest BCUT2D eigenvalue weighted by Gasteiger charge is 2.38. The average Bonchev–Trinajstić information content (AvgIpc) is 3.12. The molecule has 4 nitrogen and oxygen atoms in total. The summed E-state index contributed by atoms with van der Waals surface area (Å²) in [5.74, 6) is -0.567. The van der Waals surface area contributed by atoms with Gasteiger partial charge in [0.1, 0.15) is 5.70 Å². The molecule has 0 atom stereocenters. The molecule has 2 amide bonds. The fourth-order valence-electron chi connectivity index (χ4n) is 2.51. The minimum Gasteiger partial charge on any atom is -0.350 e. The lowest BCUT2D eigenvalue weighted by Gasteiger charge is -2.13. The summed E-state index contributed by atoms with van der Waals surface area (Å²) >= 11 is 7.58. The summed E-state index contributed by atoms with van der Waals surface area (Å²) in [5, 5.41) is 5.62. The number of hydrogen-bond acceptors (Lipinski definition) is 4. The van der Waals surface area contributed by atoms with Crippen molar-refractivity contribution in [1.82, 2.24) is 4.90 Å². The van der Waals surface area contributed by atoms with Gasteiger partial charge in [-0.15, -0.1) is 11.3 Å². The van der Waals surface area contributed by atoms with Gasteiger partial charge in [-0.3, -0.25) is 14.5 Å². The van der Waals surface area contributed by atoms with Crippen molar-refractivity contribution in [3.63, 3.8) is 0 Å². The van der Waals surface area contributed by atoms with Gasteiger partial charge in [-0.05, 0) is 43.0 Å². The van der Waals surface area contributed by atoms with E-state index in [1.54, 1.807) is 13.0 Å². The highest BCUT2D eigenvalue weighted by Crippen LogP contribution is 2.34. The molecule has 0 fully saturated rings. The van der Waals surface area contributed by atoms with Crippen LogP contribution in [0, 0.1) is 6.92 Å². The number of anilines is 1. The van der Waals surface area contributed by atoms with Crippen LogP contribution in [0.2, 0.25) is 5.02 Å². The first-order valence-corrected chi connectivity index (χ1v) is 8.46. The van der Waals surface area contributed by atoms with Crippen LogP contribution in [0.25, 0.3) is 5.57 Å². The number of likely N-dealkylation sites (N-methyl/N-ethyl adjacent to an activating group) is 1. The number of nitrogens with one attached hydrogen (secondary N) is 1. The monoisotopic (exact) mass is 346 g/mol. The largest absolute Gasteiger partial charge is 0.350 e. The van der Waals surface area contributed by atoms with E-state index in [2.05, 4.69) is 5.32 Å². The molecule has 1 N–H and O–H groups in total. The lowest BCUT2D eigenvalue weighted by molar-refractivity contribution is -0.136. The van der Waals surface area contributed by atoms with E-state index in [4.69, 9.17) is 11.6 Å². The summed E-state index contributed by atoms with van der Waals surface area (Å²) in [4.78, 5) is 27.2. The molecule has 0 unspecified atom stereocenters. The standard InChI is InChI=1S/C17H15ClN2O2S/c1-3-20-16(21)14(13-8-5-9-23-13)15(17(20)22)19-12-7-4-6-11(18)10(12)2/h4-9,19H,3H2,1-2H3. The van der Waals surface area contributed by atoms with Gasteiger partial charge in [-0.25, -0.2) is 0 Å². The molecule has 118 valence electrons. The molecule has 1 aliphatic heterocycles. The van der Waals surface area contributed by atoms with Gasteiger partial charge in [0, 0.05) is 22.1 Å². The quantitative estimate of drug-likeness (QED) is 0.853. The Morgan fingerprint density at radius 2 is 1.96 bits per heavy atom. The maximum absolute atomic E-state index is 12.6. The van der Waals surface area contributed by atoms with Crippen molar-refractivity contribution < 1.29 is 9.59 Å². The second-order valence-corrected chi connectivity index (χ2v) is 6.47. The van der Waals surface area contributed by atoms with Crippen LogP contribution >= 0.6 is 22.9 Å². The number of benzene rings is 1. The number of thiophene rings is 1. The van der Waals surface area contributed by atoms with Gasteiger partial charge in [-0.1, -0.05) is 23.7 Å². The van der Waals surface area contributed by atoms with Gasteiger partial charge in [0.15, 0.2) is 0 Å². The third-order valence-corrected chi connectivity index (χ3v) is 5.08. The Bertz CT molecular complexity index is 812. The second-order valence-electron chi connectivity index (χ2n) is 5.12. The van der Waals surface area contributed by atoms with E-state index >= 15 is 0 Å². The van der Waals surface area contributed by atoms with Gasteiger partial charge in [0.2, 0.25) is 0 Å². The molecule has 23 heavy (non-hydrogen) atoms. The molecule has 0 saturated carbocycles. The molecule has 0 spiro atoms. The van der Waals surface area contributed by atoms with Crippen LogP contribution in [0.15, 0.2) is 41.4 Å². The van der Waals surface area contributed by atoms with E-state index in [1.165, 1.54) is 16.2 Å². The van der Waals surface area contributed by atoms with Crippen LogP contribution in [0.3, 0.4) is 0 Å². The molecule has 0 aliphatic carbocycles. The van der Waals surface area contributed by atoms with Crippen LogP contribution in [0.5, 0.6) is 0 Å². The molecule has 1 aromatic heterocycles. The Morgan fingerprint density at radius 1 is 1.17 bits per heavy atom. The predicted octanol–water partition coefficient (Wildman–Crippen LogP) is 3.92. The topological polar surface area (TPSA) is 49.4 Å². The molecule has 0 saturated heterocycles. The van der Waals surface area contributed by atoms with Gasteiger partial charge in [0.05, 0.1) is 5.57 Å². The summed E-state index contributed by atoms with van der Waals surface area (Å²) in [6, 6.07) is 9.14. The molecular weight excluding hydrogens is 332 g/mol. The third-order valence-electron chi connectivity index (χ3n) is 3.78. The van der Waals surface area contributed by atoms with E-state index in [0.717, 1.165) is 16.1 Å². The number of nitrogens with zero attached hydrogens (tertiary/aromatic N) is 1. The molecule has 1 aliphatic rings. The van der Waals surface area contributed by atoms with Crippen LogP contribution in [-0.2, 0) is 9.59 Å². The molecule has 6 heteroatoms. The van der Waals surface area contributed by atoms with Crippen molar-refractivity contribution in [1.29, 1.82) is 0 Å². The van der Waals surface area contributed by atoms with E-state index in [-0.39, 0.29) is 11.8 Å². The zero-order chi connectivity index (χ0) is 16.6. The number of carbonyl (C=O) groups excluding carboxylic acids is 2. The maximum atomic E-state index is 12.6. The van der Waals surface area contributed by atoms with Crippen LogP contribution in [-0.4, -0.2) is 23.3 Å².